The summed E-state index contributed by atoms with van der Waals surface area (Å²) in [7, 11) is 0. The van der Waals surface area contributed by atoms with Gasteiger partial charge in [0.25, 0.3) is 23.6 Å². The highest BCUT2D eigenvalue weighted by molar-refractivity contribution is 6.32. The normalized spacial score (nSPS) is 21.2. The van der Waals surface area contributed by atoms with Crippen LogP contribution in [0.3, 0.4) is 0 Å². The lowest BCUT2D eigenvalue weighted by atomic mass is 9.96. The summed E-state index contributed by atoms with van der Waals surface area (Å²) in [6.07, 6.45) is 7.51. The van der Waals surface area contributed by atoms with Gasteiger partial charge in [-0.2, -0.15) is 0 Å². The van der Waals surface area contributed by atoms with Gasteiger partial charge in [-0.1, -0.05) is 31.7 Å². The number of hydrogen-bond donors (Lipinski definition) is 5. The van der Waals surface area contributed by atoms with Gasteiger partial charge in [0.2, 0.25) is 17.7 Å². The summed E-state index contributed by atoms with van der Waals surface area (Å²) in [5.74, 6) is -3.73. The highest BCUT2D eigenvalue weighted by Crippen LogP contribution is 2.36. The van der Waals surface area contributed by atoms with Gasteiger partial charge in [-0.3, -0.25) is 43.8 Å². The van der Waals surface area contributed by atoms with Crippen LogP contribution in [-0.2, 0) is 24.0 Å². The minimum absolute atomic E-state index is 0.0118. The van der Waals surface area contributed by atoms with E-state index in [2.05, 4.69) is 26.6 Å². The molecule has 1 fully saturated rings. The van der Waals surface area contributed by atoms with Crippen LogP contribution in [0.5, 0.6) is 5.75 Å². The molecule has 4 heterocycles. The van der Waals surface area contributed by atoms with Crippen molar-refractivity contribution in [2.75, 3.05) is 25.0 Å². The molecule has 0 spiro atoms. The van der Waals surface area contributed by atoms with E-state index in [9.17, 15) is 38.0 Å². The van der Waals surface area contributed by atoms with Gasteiger partial charge in [-0.25, -0.2) is 4.39 Å². The van der Waals surface area contributed by atoms with Crippen molar-refractivity contribution < 1.29 is 42.7 Å². The Morgan fingerprint density at radius 2 is 1.67 bits per heavy atom. The van der Waals surface area contributed by atoms with Gasteiger partial charge < -0.3 is 26.0 Å². The van der Waals surface area contributed by atoms with Crippen LogP contribution in [-0.4, -0.2) is 77.5 Å². The Morgan fingerprint density at radius 1 is 0.944 bits per heavy atom. The number of nitrogens with one attached hydrogen (secondary N) is 5. The van der Waals surface area contributed by atoms with Gasteiger partial charge in [0.15, 0.2) is 6.61 Å². The van der Waals surface area contributed by atoms with Crippen LogP contribution >= 0.6 is 0 Å². The third-order valence-electron chi connectivity index (χ3n) is 10.0. The zero-order chi connectivity index (χ0) is 38.6. The number of allylic oxidation sites excluding steroid dienone is 1. The fourth-order valence-corrected chi connectivity index (χ4v) is 7.20. The molecule has 1 saturated heterocycles. The van der Waals surface area contributed by atoms with Gasteiger partial charge >= 0.3 is 0 Å². The van der Waals surface area contributed by atoms with E-state index in [4.69, 9.17) is 4.74 Å². The maximum Gasteiger partial charge on any atom is 0.266 e. The zero-order valence-corrected chi connectivity index (χ0v) is 30.2. The molecule has 6 rings (SSSR count). The number of imide groups is 2. The molecular formula is C39H43FN6O8. The molecule has 4 aliphatic heterocycles. The van der Waals surface area contributed by atoms with Gasteiger partial charge in [0.1, 0.15) is 23.1 Å². The van der Waals surface area contributed by atoms with E-state index in [1.807, 2.05) is 13.8 Å². The molecule has 15 heteroatoms. The lowest BCUT2D eigenvalue weighted by Crippen LogP contribution is -2.54. The Bertz CT molecular complexity index is 1990. The summed E-state index contributed by atoms with van der Waals surface area (Å²) in [4.78, 5) is 89.0. The Hall–Kier alpha value is -5.86. The van der Waals surface area contributed by atoms with Crippen molar-refractivity contribution in [2.45, 2.75) is 83.2 Å². The van der Waals surface area contributed by atoms with E-state index in [0.29, 0.717) is 42.0 Å². The molecule has 54 heavy (non-hydrogen) atoms. The minimum Gasteiger partial charge on any atom is -0.483 e. The third kappa shape index (κ3) is 8.04. The Labute approximate surface area is 311 Å². The fourth-order valence-electron chi connectivity index (χ4n) is 7.20. The number of halogens is 1. The first kappa shape index (κ1) is 37.9. The average Bonchev–Trinajstić information content (AvgIpc) is 3.71. The van der Waals surface area contributed by atoms with Crippen molar-refractivity contribution in [3.63, 3.8) is 0 Å². The molecule has 0 radical (unpaired) electrons. The smallest absolute Gasteiger partial charge is 0.266 e. The maximum absolute atomic E-state index is 13.9. The topological polar surface area (TPSA) is 192 Å². The molecule has 2 unspecified atom stereocenters. The minimum atomic E-state index is -1.10. The van der Waals surface area contributed by atoms with E-state index in [0.717, 1.165) is 49.0 Å². The number of anilines is 1. The zero-order valence-electron chi connectivity index (χ0n) is 30.2. The predicted molar refractivity (Wildman–Crippen MR) is 194 cm³/mol. The lowest BCUT2D eigenvalue weighted by molar-refractivity contribution is -0.136. The van der Waals surface area contributed by atoms with Crippen molar-refractivity contribution in [3.05, 3.63) is 76.3 Å². The summed E-state index contributed by atoms with van der Waals surface area (Å²) in [6, 6.07) is 7.52. The molecule has 4 aliphatic rings. The summed E-state index contributed by atoms with van der Waals surface area (Å²) in [5.41, 5.74) is 2.18. The first-order valence-corrected chi connectivity index (χ1v) is 18.2. The second-order valence-electron chi connectivity index (χ2n) is 14.2. The number of carbonyl (C=O) groups excluding carboxylic acids is 7. The van der Waals surface area contributed by atoms with E-state index in [1.165, 1.54) is 36.4 Å². The SMILES string of the molecule is CC1=C(C=C2C(=O)Nc3ccc(F)cc32)NC(C)(C(=O)NCCCCCCCCNC(=O)COc2cccc3c2C(=O)N(C2CCC(=O)NC2=O)C3=O)C1. The largest absolute Gasteiger partial charge is 0.483 e. The third-order valence-corrected chi connectivity index (χ3v) is 10.0. The number of unbranched alkanes of at least 4 members (excludes halogenated alkanes) is 5. The van der Waals surface area contributed by atoms with Crippen LogP contribution in [0.2, 0.25) is 0 Å². The molecule has 5 N–H and O–H groups in total. The molecule has 0 saturated carbocycles. The summed E-state index contributed by atoms with van der Waals surface area (Å²) < 4.78 is 19.5. The van der Waals surface area contributed by atoms with Crippen molar-refractivity contribution in [2.24, 2.45) is 0 Å². The van der Waals surface area contributed by atoms with Crippen LogP contribution in [0.25, 0.3) is 5.57 Å². The molecule has 2 aromatic rings. The second-order valence-corrected chi connectivity index (χ2v) is 14.2. The van der Waals surface area contributed by atoms with E-state index in [1.54, 1.807) is 6.08 Å². The number of rotatable bonds is 15. The molecule has 7 amide bonds. The number of nitrogens with zero attached hydrogens (tertiary/aromatic N) is 1. The van der Waals surface area contributed by atoms with Gasteiger partial charge in [-0.15, -0.1) is 0 Å². The second kappa shape index (κ2) is 16.0. The van der Waals surface area contributed by atoms with E-state index < -0.39 is 41.0 Å². The van der Waals surface area contributed by atoms with Crippen LogP contribution in [0.15, 0.2) is 53.7 Å². The maximum atomic E-state index is 13.9. The predicted octanol–water partition coefficient (Wildman–Crippen LogP) is 3.24. The van der Waals surface area contributed by atoms with E-state index >= 15 is 0 Å². The highest BCUT2D eigenvalue weighted by Gasteiger charge is 2.46. The molecule has 0 aliphatic carbocycles. The molecule has 2 aromatic carbocycles. The molecular weight excluding hydrogens is 699 g/mol. The van der Waals surface area contributed by atoms with Crippen molar-refractivity contribution in [1.82, 2.24) is 26.2 Å². The summed E-state index contributed by atoms with van der Waals surface area (Å²) in [5, 5.41) is 14.0. The highest BCUT2D eigenvalue weighted by atomic mass is 19.1. The summed E-state index contributed by atoms with van der Waals surface area (Å²) in [6.45, 7) is 4.33. The molecule has 284 valence electrons. The molecule has 14 nitrogen and oxygen atoms in total. The van der Waals surface area contributed by atoms with Crippen molar-refractivity contribution >= 4 is 52.6 Å². The van der Waals surface area contributed by atoms with Crippen LogP contribution in [0.4, 0.5) is 10.1 Å². The monoisotopic (exact) mass is 742 g/mol. The first-order valence-electron chi connectivity index (χ1n) is 18.2. The fraction of sp³-hybridized carbons (Fsp3) is 0.410. The van der Waals surface area contributed by atoms with Crippen molar-refractivity contribution in [3.8, 4) is 5.75 Å². The number of carbonyl (C=O) groups is 7. The molecule has 0 bridgehead atoms. The Morgan fingerprint density at radius 3 is 2.41 bits per heavy atom. The van der Waals surface area contributed by atoms with Crippen LogP contribution < -0.4 is 31.3 Å². The van der Waals surface area contributed by atoms with Gasteiger partial charge in [0.05, 0.1) is 16.7 Å². The quantitative estimate of drug-likeness (QED) is 0.104. The number of fused-ring (bicyclic) bond motifs is 2. The molecule has 0 aromatic heterocycles. The Kier molecular flexibility index (Phi) is 11.2. The van der Waals surface area contributed by atoms with E-state index in [-0.39, 0.29) is 54.0 Å². The average molecular weight is 743 g/mol. The Balaban J connectivity index is 0.841. The standard InChI is InChI=1S/C39H43FN6O8/c1-22-20-39(2,45-28(22)19-26-25-18-23(40)12-13-27(25)43-34(26)49)38(53)42-17-8-6-4-3-5-7-16-41-32(48)21-54-30-11-9-10-24-33(30)37(52)46(36(24)51)29-14-15-31(47)44-35(29)50/h9-13,18-19,29,45H,3-8,14-17,20-21H2,1-2H3,(H,41,48)(H,42,53)(H,43,49)(H,44,47,50). The van der Waals surface area contributed by atoms with Crippen LogP contribution in [0.1, 0.15) is 97.9 Å². The number of benzene rings is 2. The van der Waals surface area contributed by atoms with Crippen LogP contribution in [0, 0.1) is 5.82 Å². The lowest BCUT2D eigenvalue weighted by Gasteiger charge is -2.27. The van der Waals surface area contributed by atoms with Gasteiger partial charge in [0, 0.05) is 42.9 Å². The number of hydrogen-bond acceptors (Lipinski definition) is 9. The number of piperidine rings is 1. The molecule has 2 atom stereocenters. The number of amides is 7. The number of ether oxygens (including phenoxy) is 1. The summed E-state index contributed by atoms with van der Waals surface area (Å²) >= 11 is 0. The first-order chi connectivity index (χ1) is 25.9. The van der Waals surface area contributed by atoms with Gasteiger partial charge in [-0.05, 0) is 75.1 Å². The van der Waals surface area contributed by atoms with Crippen molar-refractivity contribution in [1.29, 1.82) is 0 Å².